The Labute approximate surface area is 142 Å². The highest BCUT2D eigenvalue weighted by atomic mass is 32.2. The third kappa shape index (κ3) is 4.90. The van der Waals surface area contributed by atoms with E-state index in [9.17, 15) is 22.8 Å². The first-order chi connectivity index (χ1) is 11.3. The number of carbonyl (C=O) groups excluding carboxylic acids is 2. The molecule has 1 atom stereocenters. The van der Waals surface area contributed by atoms with Gasteiger partial charge in [0.25, 0.3) is 0 Å². The van der Waals surface area contributed by atoms with Crippen LogP contribution in [0.2, 0.25) is 0 Å². The van der Waals surface area contributed by atoms with E-state index >= 15 is 0 Å². The lowest BCUT2D eigenvalue weighted by molar-refractivity contribution is -0.139. The second kappa shape index (κ2) is 7.92. The normalized spacial score (nSPS) is 18.1. The molecule has 1 aromatic carbocycles. The smallest absolute Gasteiger partial charge is 0.351 e. The number of nitrogens with zero attached hydrogens (tertiary/aromatic N) is 1. The number of likely N-dealkylation sites (tertiary alicyclic amines) is 1. The predicted octanol–water partition coefficient (Wildman–Crippen LogP) is 2.68. The highest BCUT2D eigenvalue weighted by Crippen LogP contribution is 2.32. The molecule has 1 heterocycles. The Kier molecular flexibility index (Phi) is 6.15. The lowest BCUT2D eigenvalue weighted by Gasteiger charge is -2.20. The van der Waals surface area contributed by atoms with Crippen molar-refractivity contribution in [1.82, 2.24) is 10.2 Å². The van der Waals surface area contributed by atoms with Gasteiger partial charge in [0.2, 0.25) is 11.8 Å². The van der Waals surface area contributed by atoms with Gasteiger partial charge in [-0.25, -0.2) is 0 Å². The van der Waals surface area contributed by atoms with Crippen molar-refractivity contribution in [2.24, 2.45) is 0 Å². The fraction of sp³-hybridized carbons (Fsp3) is 0.500. The minimum absolute atomic E-state index is 0.0627. The number of nitrogens with one attached hydrogen (secondary N) is 1. The molecular formula is C16H19F3N2O2S. The summed E-state index contributed by atoms with van der Waals surface area (Å²) in [6, 6.07) is 4.89. The average molecular weight is 360 g/mol. The molecule has 0 unspecified atom stereocenters. The van der Waals surface area contributed by atoms with E-state index in [2.05, 4.69) is 5.32 Å². The van der Waals surface area contributed by atoms with E-state index in [1.54, 1.807) is 11.8 Å². The number of alkyl halides is 3. The van der Waals surface area contributed by atoms with E-state index in [4.69, 9.17) is 0 Å². The number of halogens is 3. The van der Waals surface area contributed by atoms with Gasteiger partial charge < -0.3 is 10.2 Å². The standard InChI is InChI=1S/C16H19F3N2O2S/c1-24-7-6-14(22)20-12-8-15(23)21(10-12)9-11-4-2-3-5-13(11)16(17,18)19/h2-5,12H,6-10H2,1H3,(H,20,22)/t12-/m0/s1. The summed E-state index contributed by atoms with van der Waals surface area (Å²) in [6.45, 7) is 0.127. The van der Waals surface area contributed by atoms with Gasteiger partial charge in [-0.3, -0.25) is 9.59 Å². The number of hydrogen-bond acceptors (Lipinski definition) is 3. The molecule has 0 radical (unpaired) electrons. The quantitative estimate of drug-likeness (QED) is 0.849. The van der Waals surface area contributed by atoms with Crippen molar-refractivity contribution in [3.8, 4) is 0 Å². The van der Waals surface area contributed by atoms with Crippen LogP contribution in [0.15, 0.2) is 24.3 Å². The lowest BCUT2D eigenvalue weighted by Crippen LogP contribution is -2.37. The van der Waals surface area contributed by atoms with Gasteiger partial charge in [0, 0.05) is 31.7 Å². The zero-order chi connectivity index (χ0) is 17.7. The van der Waals surface area contributed by atoms with Crippen LogP contribution in [-0.2, 0) is 22.3 Å². The van der Waals surface area contributed by atoms with Crippen molar-refractivity contribution in [2.45, 2.75) is 31.6 Å². The van der Waals surface area contributed by atoms with Gasteiger partial charge in [0.05, 0.1) is 11.6 Å². The first kappa shape index (κ1) is 18.6. The molecule has 1 fully saturated rings. The van der Waals surface area contributed by atoms with Crippen molar-refractivity contribution >= 4 is 23.6 Å². The Bertz CT molecular complexity index is 607. The van der Waals surface area contributed by atoms with Crippen LogP contribution in [0.25, 0.3) is 0 Å². The molecule has 1 aliphatic rings. The molecule has 1 saturated heterocycles. The molecule has 2 amide bonds. The van der Waals surface area contributed by atoms with Crippen molar-refractivity contribution in [2.75, 3.05) is 18.6 Å². The maximum absolute atomic E-state index is 13.0. The molecule has 1 N–H and O–H groups in total. The monoisotopic (exact) mass is 360 g/mol. The van der Waals surface area contributed by atoms with Crippen LogP contribution in [0.4, 0.5) is 13.2 Å². The second-order valence-electron chi connectivity index (χ2n) is 5.64. The topological polar surface area (TPSA) is 49.4 Å². The van der Waals surface area contributed by atoms with Gasteiger partial charge in [0.1, 0.15) is 0 Å². The third-order valence-electron chi connectivity index (χ3n) is 3.80. The van der Waals surface area contributed by atoms with Crippen LogP contribution < -0.4 is 5.32 Å². The predicted molar refractivity (Wildman–Crippen MR) is 86.4 cm³/mol. The number of carbonyl (C=O) groups is 2. The van der Waals surface area contributed by atoms with E-state index < -0.39 is 11.7 Å². The van der Waals surface area contributed by atoms with Gasteiger partial charge in [-0.1, -0.05) is 18.2 Å². The van der Waals surface area contributed by atoms with Gasteiger partial charge in [0.15, 0.2) is 0 Å². The molecule has 4 nitrogen and oxygen atoms in total. The van der Waals surface area contributed by atoms with Crippen molar-refractivity contribution in [1.29, 1.82) is 0 Å². The highest BCUT2D eigenvalue weighted by Gasteiger charge is 2.35. The van der Waals surface area contributed by atoms with Crippen LogP contribution in [0.1, 0.15) is 24.0 Å². The summed E-state index contributed by atoms with van der Waals surface area (Å²) in [5, 5.41) is 2.77. The van der Waals surface area contributed by atoms with E-state index in [0.29, 0.717) is 12.2 Å². The third-order valence-corrected chi connectivity index (χ3v) is 4.41. The number of rotatable bonds is 6. The van der Waals surface area contributed by atoms with Gasteiger partial charge >= 0.3 is 6.18 Å². The average Bonchev–Trinajstić information content (AvgIpc) is 2.84. The highest BCUT2D eigenvalue weighted by molar-refractivity contribution is 7.98. The fourth-order valence-corrected chi connectivity index (χ4v) is 3.05. The molecule has 0 saturated carbocycles. The molecule has 1 aliphatic heterocycles. The molecule has 0 aliphatic carbocycles. The summed E-state index contributed by atoms with van der Waals surface area (Å²) in [6.07, 6.45) is -2.07. The molecule has 1 aromatic rings. The van der Waals surface area contributed by atoms with Crippen molar-refractivity contribution in [3.63, 3.8) is 0 Å². The van der Waals surface area contributed by atoms with E-state index in [1.807, 2.05) is 6.26 Å². The lowest BCUT2D eigenvalue weighted by atomic mass is 10.1. The molecule has 0 spiro atoms. The van der Waals surface area contributed by atoms with Crippen molar-refractivity contribution < 1.29 is 22.8 Å². The first-order valence-corrected chi connectivity index (χ1v) is 8.92. The maximum Gasteiger partial charge on any atom is 0.416 e. The van der Waals surface area contributed by atoms with Crippen LogP contribution >= 0.6 is 11.8 Å². The fourth-order valence-electron chi connectivity index (χ4n) is 2.66. The van der Waals surface area contributed by atoms with Crippen LogP contribution in [0, 0.1) is 0 Å². The van der Waals surface area contributed by atoms with Gasteiger partial charge in [-0.05, 0) is 17.9 Å². The summed E-state index contributed by atoms with van der Waals surface area (Å²) in [5.74, 6) is 0.302. The van der Waals surface area contributed by atoms with E-state index in [1.165, 1.54) is 23.1 Å². The largest absolute Gasteiger partial charge is 0.416 e. The molecule has 0 bridgehead atoms. The summed E-state index contributed by atoms with van der Waals surface area (Å²) < 4.78 is 39.1. The Morgan fingerprint density at radius 3 is 2.75 bits per heavy atom. The van der Waals surface area contributed by atoms with Crippen LogP contribution in [0.5, 0.6) is 0 Å². The molecule has 132 valence electrons. The summed E-state index contributed by atoms with van der Waals surface area (Å²) >= 11 is 1.55. The molecule has 8 heteroatoms. The van der Waals surface area contributed by atoms with E-state index in [0.717, 1.165) is 6.07 Å². The molecular weight excluding hydrogens is 341 g/mol. The van der Waals surface area contributed by atoms with Crippen molar-refractivity contribution in [3.05, 3.63) is 35.4 Å². The molecule has 2 rings (SSSR count). The molecule has 24 heavy (non-hydrogen) atoms. The minimum Gasteiger partial charge on any atom is -0.351 e. The summed E-state index contributed by atoms with van der Waals surface area (Å²) in [4.78, 5) is 25.1. The van der Waals surface area contributed by atoms with Gasteiger partial charge in [-0.15, -0.1) is 0 Å². The SMILES string of the molecule is CSCCC(=O)N[C@H]1CC(=O)N(Cc2ccccc2C(F)(F)F)C1. The Morgan fingerprint density at radius 2 is 2.08 bits per heavy atom. The number of thioether (sulfide) groups is 1. The van der Waals surface area contributed by atoms with Crippen LogP contribution in [-0.4, -0.2) is 41.3 Å². The Hall–Kier alpha value is -1.70. The number of hydrogen-bond donors (Lipinski definition) is 1. The summed E-state index contributed by atoms with van der Waals surface area (Å²) in [5.41, 5.74) is -0.669. The minimum atomic E-state index is -4.45. The first-order valence-electron chi connectivity index (χ1n) is 7.52. The Balaban J connectivity index is 2.00. The summed E-state index contributed by atoms with van der Waals surface area (Å²) in [7, 11) is 0. The van der Waals surface area contributed by atoms with E-state index in [-0.39, 0.29) is 42.9 Å². The van der Waals surface area contributed by atoms with Gasteiger partial charge in [-0.2, -0.15) is 24.9 Å². The maximum atomic E-state index is 13.0. The van der Waals surface area contributed by atoms with Crippen LogP contribution in [0.3, 0.4) is 0 Å². The molecule has 0 aromatic heterocycles. The number of benzene rings is 1. The zero-order valence-electron chi connectivity index (χ0n) is 13.2. The number of amides is 2. The second-order valence-corrected chi connectivity index (χ2v) is 6.63. The Morgan fingerprint density at radius 1 is 1.38 bits per heavy atom. The zero-order valence-corrected chi connectivity index (χ0v) is 14.0.